The van der Waals surface area contributed by atoms with Crippen LogP contribution in [-0.2, 0) is 6.42 Å². The molecule has 106 valence electrons. The number of benzene rings is 2. The first kappa shape index (κ1) is 13.7. The van der Waals surface area contributed by atoms with Crippen LogP contribution in [-0.4, -0.2) is 6.61 Å². The molecule has 2 N–H and O–H groups in total. The number of rotatable bonds is 2. The van der Waals surface area contributed by atoms with Gasteiger partial charge in [-0.2, -0.15) is 0 Å². The smallest absolute Gasteiger partial charge is 0.149 e. The fraction of sp³-hybridized carbons (Fsp3) is 0.263. The van der Waals surface area contributed by atoms with Crippen LogP contribution >= 0.6 is 0 Å². The van der Waals surface area contributed by atoms with E-state index in [1.165, 1.54) is 11.1 Å². The van der Waals surface area contributed by atoms with Gasteiger partial charge in [-0.05, 0) is 54.7 Å². The Morgan fingerprint density at radius 3 is 2.86 bits per heavy atom. The Bertz CT molecular complexity index is 667. The topological polar surface area (TPSA) is 35.2 Å². The van der Waals surface area contributed by atoms with Gasteiger partial charge in [0.25, 0.3) is 0 Å². The lowest BCUT2D eigenvalue weighted by Gasteiger charge is -2.22. The van der Waals surface area contributed by atoms with Crippen molar-refractivity contribution in [1.82, 2.24) is 0 Å². The second-order valence-electron chi connectivity index (χ2n) is 5.32. The zero-order valence-electron chi connectivity index (χ0n) is 12.0. The van der Waals surface area contributed by atoms with Gasteiger partial charge in [0.2, 0.25) is 0 Å². The number of nitrogens with two attached hydrogens (primary N) is 1. The summed E-state index contributed by atoms with van der Waals surface area (Å²) >= 11 is 0. The normalized spacial score (nSPS) is 16.5. The van der Waals surface area contributed by atoms with Crippen molar-refractivity contribution < 1.29 is 4.74 Å². The Labute approximate surface area is 125 Å². The van der Waals surface area contributed by atoms with Gasteiger partial charge >= 0.3 is 0 Å². The summed E-state index contributed by atoms with van der Waals surface area (Å²) in [6.07, 6.45) is 3.33. The Balaban J connectivity index is 1.63. The molecule has 2 nitrogen and oxygen atoms in total. The van der Waals surface area contributed by atoms with E-state index < -0.39 is 0 Å². The Kier molecular flexibility index (Phi) is 4.23. The molecular formula is C19H19NO. The molecule has 1 aliphatic rings. The summed E-state index contributed by atoms with van der Waals surface area (Å²) in [5.41, 5.74) is 9.72. The third-order valence-electron chi connectivity index (χ3n) is 3.79. The van der Waals surface area contributed by atoms with Gasteiger partial charge < -0.3 is 10.5 Å². The zero-order valence-corrected chi connectivity index (χ0v) is 12.0. The molecule has 0 fully saturated rings. The van der Waals surface area contributed by atoms with Gasteiger partial charge in [0.15, 0.2) is 0 Å². The fourth-order valence-corrected chi connectivity index (χ4v) is 2.70. The van der Waals surface area contributed by atoms with E-state index in [4.69, 9.17) is 10.5 Å². The maximum atomic E-state index is 6.12. The molecular weight excluding hydrogens is 258 g/mol. The summed E-state index contributed by atoms with van der Waals surface area (Å²) < 4.78 is 5.71. The molecule has 0 aromatic heterocycles. The molecule has 0 saturated carbocycles. The first-order valence-electron chi connectivity index (χ1n) is 7.38. The average molecular weight is 277 g/mol. The number of hydrogen-bond acceptors (Lipinski definition) is 2. The molecule has 2 aromatic rings. The van der Waals surface area contributed by atoms with E-state index in [1.54, 1.807) is 0 Å². The van der Waals surface area contributed by atoms with Gasteiger partial charge in [-0.25, -0.2) is 0 Å². The quantitative estimate of drug-likeness (QED) is 0.853. The monoisotopic (exact) mass is 277 g/mol. The molecule has 2 heteroatoms. The highest BCUT2D eigenvalue weighted by Crippen LogP contribution is 2.30. The van der Waals surface area contributed by atoms with Crippen LogP contribution in [0.5, 0.6) is 5.75 Å². The molecule has 2 aromatic carbocycles. The summed E-state index contributed by atoms with van der Waals surface area (Å²) in [6, 6.07) is 16.3. The van der Waals surface area contributed by atoms with E-state index in [2.05, 4.69) is 24.0 Å². The second-order valence-corrected chi connectivity index (χ2v) is 5.32. The molecule has 0 bridgehead atoms. The fourth-order valence-electron chi connectivity index (χ4n) is 2.70. The van der Waals surface area contributed by atoms with Gasteiger partial charge in [0.1, 0.15) is 12.4 Å². The van der Waals surface area contributed by atoms with Crippen LogP contribution in [0.2, 0.25) is 0 Å². The van der Waals surface area contributed by atoms with Crippen LogP contribution < -0.4 is 10.5 Å². The van der Waals surface area contributed by atoms with Crippen LogP contribution in [0.3, 0.4) is 0 Å². The first-order valence-corrected chi connectivity index (χ1v) is 7.38. The predicted octanol–water partition coefficient (Wildman–Crippen LogP) is 3.45. The highest BCUT2D eigenvalue weighted by molar-refractivity contribution is 5.39. The molecule has 0 amide bonds. The lowest BCUT2D eigenvalue weighted by Crippen LogP contribution is -2.17. The zero-order chi connectivity index (χ0) is 14.5. The highest BCUT2D eigenvalue weighted by atomic mass is 16.5. The summed E-state index contributed by atoms with van der Waals surface area (Å²) in [5, 5.41) is 0. The third kappa shape index (κ3) is 3.45. The van der Waals surface area contributed by atoms with Crippen molar-refractivity contribution in [3.05, 3.63) is 65.2 Å². The van der Waals surface area contributed by atoms with E-state index in [-0.39, 0.29) is 6.04 Å². The standard InChI is InChI=1S/C19H19NO/c20-19-10-4-9-16-14-17(11-12-18(16)19)21-13-5-8-15-6-2-1-3-7-15/h1-3,6-7,11-12,14,19H,4,9-10,13,20H2. The lowest BCUT2D eigenvalue weighted by atomic mass is 9.88. The largest absolute Gasteiger partial charge is 0.481 e. The molecule has 21 heavy (non-hydrogen) atoms. The minimum Gasteiger partial charge on any atom is -0.481 e. The van der Waals surface area contributed by atoms with Crippen molar-refractivity contribution in [2.75, 3.05) is 6.61 Å². The number of hydrogen-bond donors (Lipinski definition) is 1. The average Bonchev–Trinajstić information content (AvgIpc) is 2.53. The van der Waals surface area contributed by atoms with Crippen LogP contribution in [0.15, 0.2) is 48.5 Å². The van der Waals surface area contributed by atoms with Gasteiger partial charge in [-0.3, -0.25) is 0 Å². The van der Waals surface area contributed by atoms with Crippen LogP contribution in [0.25, 0.3) is 0 Å². The van der Waals surface area contributed by atoms with Crippen molar-refractivity contribution in [3.8, 4) is 17.6 Å². The molecule has 0 saturated heterocycles. The van der Waals surface area contributed by atoms with Crippen molar-refractivity contribution in [1.29, 1.82) is 0 Å². The Hall–Kier alpha value is -2.24. The number of ether oxygens (including phenoxy) is 1. The van der Waals surface area contributed by atoms with Crippen LogP contribution in [0, 0.1) is 11.8 Å². The molecule has 0 radical (unpaired) electrons. The lowest BCUT2D eigenvalue weighted by molar-refractivity contribution is 0.369. The maximum absolute atomic E-state index is 6.12. The van der Waals surface area contributed by atoms with Crippen molar-refractivity contribution in [2.24, 2.45) is 5.73 Å². The van der Waals surface area contributed by atoms with Crippen LogP contribution in [0.4, 0.5) is 0 Å². The minimum atomic E-state index is 0.181. The Morgan fingerprint density at radius 2 is 2.00 bits per heavy atom. The van der Waals surface area contributed by atoms with Crippen molar-refractivity contribution in [3.63, 3.8) is 0 Å². The molecule has 3 rings (SSSR count). The third-order valence-corrected chi connectivity index (χ3v) is 3.79. The van der Waals surface area contributed by atoms with E-state index in [0.29, 0.717) is 6.61 Å². The summed E-state index contributed by atoms with van der Waals surface area (Å²) in [5.74, 6) is 7.01. The van der Waals surface area contributed by atoms with E-state index in [0.717, 1.165) is 30.6 Å². The molecule has 0 heterocycles. The highest BCUT2D eigenvalue weighted by Gasteiger charge is 2.16. The van der Waals surface area contributed by atoms with Gasteiger partial charge in [0.05, 0.1) is 0 Å². The summed E-state index contributed by atoms with van der Waals surface area (Å²) in [7, 11) is 0. The number of fused-ring (bicyclic) bond motifs is 1. The number of aryl methyl sites for hydroxylation is 1. The first-order chi connectivity index (χ1) is 10.3. The molecule has 1 aliphatic carbocycles. The van der Waals surface area contributed by atoms with Gasteiger partial charge in [-0.1, -0.05) is 36.1 Å². The minimum absolute atomic E-state index is 0.181. The van der Waals surface area contributed by atoms with Crippen molar-refractivity contribution in [2.45, 2.75) is 25.3 Å². The van der Waals surface area contributed by atoms with Gasteiger partial charge in [-0.15, -0.1) is 0 Å². The van der Waals surface area contributed by atoms with E-state index in [9.17, 15) is 0 Å². The molecule has 1 atom stereocenters. The molecule has 0 aliphatic heterocycles. The van der Waals surface area contributed by atoms with Crippen LogP contribution in [0.1, 0.15) is 35.6 Å². The SMILES string of the molecule is NC1CCCc2cc(OCC#Cc3ccccc3)ccc21. The predicted molar refractivity (Wildman–Crippen MR) is 85.1 cm³/mol. The van der Waals surface area contributed by atoms with E-state index >= 15 is 0 Å². The van der Waals surface area contributed by atoms with Crippen molar-refractivity contribution >= 4 is 0 Å². The molecule has 0 spiro atoms. The Morgan fingerprint density at radius 1 is 1.14 bits per heavy atom. The molecule has 1 unspecified atom stereocenters. The van der Waals surface area contributed by atoms with Gasteiger partial charge in [0, 0.05) is 11.6 Å². The maximum Gasteiger partial charge on any atom is 0.149 e. The second kappa shape index (κ2) is 6.47. The summed E-state index contributed by atoms with van der Waals surface area (Å²) in [6.45, 7) is 0.403. The van der Waals surface area contributed by atoms with E-state index in [1.807, 2.05) is 36.4 Å². The summed E-state index contributed by atoms with van der Waals surface area (Å²) in [4.78, 5) is 0.